The molecule has 2 unspecified atom stereocenters. The highest BCUT2D eigenvalue weighted by Crippen LogP contribution is 1.99. The minimum atomic E-state index is -1.87. The van der Waals surface area contributed by atoms with E-state index in [0.717, 1.165) is 0 Å². The molecule has 0 rings (SSSR count). The number of ether oxygens (including phenoxy) is 2. The second-order valence-electron chi connectivity index (χ2n) is 3.48. The third-order valence-corrected chi connectivity index (χ3v) is 1.85. The van der Waals surface area contributed by atoms with Crippen LogP contribution in [0.2, 0.25) is 0 Å². The summed E-state index contributed by atoms with van der Waals surface area (Å²) < 4.78 is 8.11. The number of carbonyl (C=O) groups is 4. The van der Waals surface area contributed by atoms with Crippen molar-refractivity contribution in [3.05, 3.63) is 0 Å². The van der Waals surface area contributed by atoms with Crippen LogP contribution in [0.4, 0.5) is 0 Å². The maximum absolute atomic E-state index is 11.0. The third kappa shape index (κ3) is 6.89. The summed E-state index contributed by atoms with van der Waals surface area (Å²) in [5.41, 5.74) is 0. The first-order valence-electron chi connectivity index (χ1n) is 5.38. The van der Waals surface area contributed by atoms with Crippen molar-refractivity contribution >= 4 is 23.9 Å². The number of aliphatic hydroxyl groups excluding tert-OH is 4. The normalized spacial score (nSPS) is 13.2. The van der Waals surface area contributed by atoms with E-state index in [4.69, 9.17) is 20.4 Å². The number of rotatable bonds is 7. The average molecular weight is 294 g/mol. The van der Waals surface area contributed by atoms with Gasteiger partial charge >= 0.3 is 23.9 Å². The minimum Gasteiger partial charge on any atom is -0.393 e. The highest BCUT2D eigenvalue weighted by Gasteiger charge is 2.22. The van der Waals surface area contributed by atoms with E-state index in [0.29, 0.717) is 0 Å². The van der Waals surface area contributed by atoms with Gasteiger partial charge in [0.25, 0.3) is 0 Å². The molecule has 0 aliphatic heterocycles. The number of aliphatic hydroxyl groups is 4. The first-order valence-corrected chi connectivity index (χ1v) is 5.38. The lowest BCUT2D eigenvalue weighted by Crippen LogP contribution is -2.30. The first-order chi connectivity index (χ1) is 9.31. The summed E-state index contributed by atoms with van der Waals surface area (Å²) in [5.74, 6) is -5.10. The van der Waals surface area contributed by atoms with E-state index in [-0.39, 0.29) is 0 Å². The quantitative estimate of drug-likeness (QED) is 0.274. The van der Waals surface area contributed by atoms with Gasteiger partial charge in [-0.3, -0.25) is 9.59 Å². The van der Waals surface area contributed by atoms with Gasteiger partial charge in [0.1, 0.15) is 0 Å². The predicted octanol–water partition coefficient (Wildman–Crippen LogP) is -3.39. The van der Waals surface area contributed by atoms with Gasteiger partial charge in [-0.05, 0) is 0 Å². The van der Waals surface area contributed by atoms with E-state index in [1.165, 1.54) is 0 Å². The van der Waals surface area contributed by atoms with Gasteiger partial charge in [-0.25, -0.2) is 9.59 Å². The van der Waals surface area contributed by atoms with Crippen LogP contribution in [0.5, 0.6) is 0 Å². The fourth-order valence-electron chi connectivity index (χ4n) is 0.816. The van der Waals surface area contributed by atoms with Crippen molar-refractivity contribution < 1.29 is 49.1 Å². The molecule has 0 heterocycles. The molecule has 0 radical (unpaired) electrons. The standard InChI is InChI=1S/C10H14O10/c11-3-5(13)9(17)19-7(15)1-2-8(16)20-10(18)6(14)4-12/h5-6,11-14H,1-4H2. The van der Waals surface area contributed by atoms with Crippen LogP contribution in [0.1, 0.15) is 12.8 Å². The molecule has 0 amide bonds. The molecule has 10 nitrogen and oxygen atoms in total. The molecule has 0 saturated heterocycles. The van der Waals surface area contributed by atoms with Gasteiger partial charge in [-0.1, -0.05) is 0 Å². The Morgan fingerprint density at radius 3 is 1.30 bits per heavy atom. The van der Waals surface area contributed by atoms with Gasteiger partial charge < -0.3 is 29.9 Å². The summed E-state index contributed by atoms with van der Waals surface area (Å²) in [5, 5.41) is 34.4. The molecule has 0 aliphatic rings. The summed E-state index contributed by atoms with van der Waals surface area (Å²) in [6, 6.07) is 0. The lowest BCUT2D eigenvalue weighted by Gasteiger charge is -2.07. The zero-order valence-electron chi connectivity index (χ0n) is 10.2. The van der Waals surface area contributed by atoms with Crippen molar-refractivity contribution in [1.82, 2.24) is 0 Å². The fraction of sp³-hybridized carbons (Fsp3) is 0.600. The molecule has 0 spiro atoms. The van der Waals surface area contributed by atoms with Crippen LogP contribution in [0, 0.1) is 0 Å². The van der Waals surface area contributed by atoms with Crippen molar-refractivity contribution in [2.24, 2.45) is 0 Å². The summed E-state index contributed by atoms with van der Waals surface area (Å²) in [4.78, 5) is 43.8. The van der Waals surface area contributed by atoms with Gasteiger partial charge in [0.15, 0.2) is 12.2 Å². The topological polar surface area (TPSA) is 168 Å². The fourth-order valence-corrected chi connectivity index (χ4v) is 0.816. The molecule has 0 aromatic carbocycles. The highest BCUT2D eigenvalue weighted by atomic mass is 16.6. The van der Waals surface area contributed by atoms with Crippen LogP contribution in [-0.2, 0) is 28.7 Å². The van der Waals surface area contributed by atoms with Gasteiger partial charge in [0, 0.05) is 0 Å². The van der Waals surface area contributed by atoms with Crippen molar-refractivity contribution in [2.75, 3.05) is 13.2 Å². The van der Waals surface area contributed by atoms with Crippen molar-refractivity contribution in [3.8, 4) is 0 Å². The maximum atomic E-state index is 11.0. The average Bonchev–Trinajstić information content (AvgIpc) is 2.42. The molecule has 0 bridgehead atoms. The monoisotopic (exact) mass is 294 g/mol. The molecule has 2 atom stereocenters. The molecular weight excluding hydrogens is 280 g/mol. The second-order valence-corrected chi connectivity index (χ2v) is 3.48. The van der Waals surface area contributed by atoms with Gasteiger partial charge in [-0.2, -0.15) is 0 Å². The molecule has 114 valence electrons. The van der Waals surface area contributed by atoms with Crippen LogP contribution >= 0.6 is 0 Å². The lowest BCUT2D eigenvalue weighted by molar-refractivity contribution is -0.171. The van der Waals surface area contributed by atoms with Crippen LogP contribution in [0.3, 0.4) is 0 Å². The Bertz CT molecular complexity index is 340. The maximum Gasteiger partial charge on any atom is 0.345 e. The highest BCUT2D eigenvalue weighted by molar-refractivity contribution is 5.91. The minimum absolute atomic E-state index is 0.620. The van der Waals surface area contributed by atoms with E-state index in [2.05, 4.69) is 9.47 Å². The summed E-state index contributed by atoms with van der Waals surface area (Å²) in [7, 11) is 0. The van der Waals surface area contributed by atoms with Gasteiger partial charge in [0.05, 0.1) is 26.1 Å². The van der Waals surface area contributed by atoms with Crippen LogP contribution < -0.4 is 0 Å². The Morgan fingerprint density at radius 2 is 1.05 bits per heavy atom. The van der Waals surface area contributed by atoms with Crippen LogP contribution in [0.15, 0.2) is 0 Å². The molecule has 0 saturated carbocycles. The SMILES string of the molecule is O=C(CCC(=O)OC(=O)C(O)CO)OC(=O)C(O)CO. The van der Waals surface area contributed by atoms with E-state index in [1.54, 1.807) is 0 Å². The third-order valence-electron chi connectivity index (χ3n) is 1.85. The Hall–Kier alpha value is -1.88. The Labute approximate surface area is 112 Å². The summed E-state index contributed by atoms with van der Waals surface area (Å²) in [6.07, 6.45) is -4.98. The molecule has 0 aromatic heterocycles. The van der Waals surface area contributed by atoms with E-state index in [9.17, 15) is 19.2 Å². The molecule has 0 fully saturated rings. The van der Waals surface area contributed by atoms with Crippen LogP contribution in [-0.4, -0.2) is 69.7 Å². The van der Waals surface area contributed by atoms with Crippen molar-refractivity contribution in [3.63, 3.8) is 0 Å². The van der Waals surface area contributed by atoms with Crippen molar-refractivity contribution in [1.29, 1.82) is 0 Å². The zero-order valence-corrected chi connectivity index (χ0v) is 10.2. The Morgan fingerprint density at radius 1 is 0.750 bits per heavy atom. The molecule has 0 aliphatic carbocycles. The predicted molar refractivity (Wildman–Crippen MR) is 57.6 cm³/mol. The summed E-state index contributed by atoms with van der Waals surface area (Å²) in [6.45, 7) is -1.86. The van der Waals surface area contributed by atoms with Crippen molar-refractivity contribution in [2.45, 2.75) is 25.0 Å². The van der Waals surface area contributed by atoms with Gasteiger partial charge in [0.2, 0.25) is 0 Å². The van der Waals surface area contributed by atoms with E-state index >= 15 is 0 Å². The zero-order chi connectivity index (χ0) is 15.7. The Balaban J connectivity index is 4.04. The van der Waals surface area contributed by atoms with Gasteiger partial charge in [-0.15, -0.1) is 0 Å². The molecule has 0 aromatic rings. The number of hydrogen-bond acceptors (Lipinski definition) is 10. The Kier molecular flexibility index (Phi) is 8.24. The number of hydrogen-bond donors (Lipinski definition) is 4. The molecule has 20 heavy (non-hydrogen) atoms. The summed E-state index contributed by atoms with van der Waals surface area (Å²) >= 11 is 0. The van der Waals surface area contributed by atoms with E-state index in [1.807, 2.05) is 0 Å². The molecule has 4 N–H and O–H groups in total. The smallest absolute Gasteiger partial charge is 0.345 e. The largest absolute Gasteiger partial charge is 0.393 e. The lowest BCUT2D eigenvalue weighted by atomic mass is 10.3. The molecule has 10 heteroatoms. The second kappa shape index (κ2) is 9.09. The first kappa shape index (κ1) is 18.1. The number of carbonyl (C=O) groups excluding carboxylic acids is 4. The van der Waals surface area contributed by atoms with Crippen LogP contribution in [0.25, 0.3) is 0 Å². The molecular formula is C10H14O10. The van der Waals surface area contributed by atoms with E-state index < -0.39 is 62.1 Å². The number of esters is 4.